The standard InChI is InChI=1S/C12H26BrN/c1-4-12(5-2)11-14(3)10-8-6-7-9-13/h12H,4-11H2,1-3H3. The molecule has 0 aliphatic rings. The van der Waals surface area contributed by atoms with Crippen LogP contribution < -0.4 is 0 Å². The fourth-order valence-electron chi connectivity index (χ4n) is 1.73. The summed E-state index contributed by atoms with van der Waals surface area (Å²) in [5.41, 5.74) is 0. The molecule has 2 heteroatoms. The molecule has 0 bridgehead atoms. The molecule has 0 saturated heterocycles. The van der Waals surface area contributed by atoms with Crippen molar-refractivity contribution in [2.45, 2.75) is 46.0 Å². The van der Waals surface area contributed by atoms with Crippen LogP contribution in [0.25, 0.3) is 0 Å². The van der Waals surface area contributed by atoms with Gasteiger partial charge in [-0.1, -0.05) is 49.0 Å². The van der Waals surface area contributed by atoms with E-state index in [1.54, 1.807) is 0 Å². The molecular weight excluding hydrogens is 238 g/mol. The van der Waals surface area contributed by atoms with Crippen LogP contribution >= 0.6 is 15.9 Å². The number of rotatable bonds is 9. The smallest absolute Gasteiger partial charge is 0.00313 e. The Kier molecular flexibility index (Phi) is 10.3. The van der Waals surface area contributed by atoms with E-state index in [9.17, 15) is 0 Å². The first kappa shape index (κ1) is 14.4. The third kappa shape index (κ3) is 7.81. The lowest BCUT2D eigenvalue weighted by Crippen LogP contribution is -2.26. The number of hydrogen-bond acceptors (Lipinski definition) is 1. The molecule has 0 aliphatic heterocycles. The normalized spacial score (nSPS) is 11.6. The second kappa shape index (κ2) is 9.97. The van der Waals surface area contributed by atoms with Crippen molar-refractivity contribution in [1.29, 1.82) is 0 Å². The van der Waals surface area contributed by atoms with Crippen molar-refractivity contribution in [3.05, 3.63) is 0 Å². The number of unbranched alkanes of at least 4 members (excludes halogenated alkanes) is 2. The maximum atomic E-state index is 3.47. The highest BCUT2D eigenvalue weighted by atomic mass is 79.9. The van der Waals surface area contributed by atoms with E-state index in [1.807, 2.05) is 0 Å². The predicted molar refractivity (Wildman–Crippen MR) is 69.2 cm³/mol. The van der Waals surface area contributed by atoms with Gasteiger partial charge in [0.05, 0.1) is 0 Å². The molecule has 0 spiro atoms. The molecule has 0 atom stereocenters. The van der Waals surface area contributed by atoms with Gasteiger partial charge in [-0.2, -0.15) is 0 Å². The lowest BCUT2D eigenvalue weighted by molar-refractivity contribution is 0.262. The summed E-state index contributed by atoms with van der Waals surface area (Å²) in [4.78, 5) is 2.49. The third-order valence-electron chi connectivity index (χ3n) is 2.90. The van der Waals surface area contributed by atoms with Crippen LogP contribution in [0, 0.1) is 5.92 Å². The van der Waals surface area contributed by atoms with Crippen LogP contribution in [0.2, 0.25) is 0 Å². The zero-order chi connectivity index (χ0) is 10.8. The minimum absolute atomic E-state index is 0.899. The summed E-state index contributed by atoms with van der Waals surface area (Å²) >= 11 is 3.47. The Morgan fingerprint density at radius 3 is 2.21 bits per heavy atom. The van der Waals surface area contributed by atoms with E-state index < -0.39 is 0 Å². The Morgan fingerprint density at radius 2 is 1.71 bits per heavy atom. The molecule has 0 fully saturated rings. The van der Waals surface area contributed by atoms with Gasteiger partial charge in [0.25, 0.3) is 0 Å². The second-order valence-electron chi connectivity index (χ2n) is 4.19. The minimum atomic E-state index is 0.899. The van der Waals surface area contributed by atoms with E-state index in [0.29, 0.717) is 0 Å². The highest BCUT2D eigenvalue weighted by Crippen LogP contribution is 2.09. The maximum Gasteiger partial charge on any atom is 0.00313 e. The molecule has 0 saturated carbocycles. The Labute approximate surface area is 98.4 Å². The zero-order valence-electron chi connectivity index (χ0n) is 10.1. The van der Waals surface area contributed by atoms with Gasteiger partial charge >= 0.3 is 0 Å². The Balaban J connectivity index is 3.38. The van der Waals surface area contributed by atoms with E-state index in [2.05, 4.69) is 41.7 Å². The van der Waals surface area contributed by atoms with E-state index in [1.165, 1.54) is 45.2 Å². The quantitative estimate of drug-likeness (QED) is 0.450. The summed E-state index contributed by atoms with van der Waals surface area (Å²) in [6.45, 7) is 7.14. The van der Waals surface area contributed by atoms with Crippen LogP contribution in [-0.4, -0.2) is 30.4 Å². The van der Waals surface area contributed by atoms with Crippen LogP contribution in [0.15, 0.2) is 0 Å². The molecule has 0 radical (unpaired) electrons. The number of alkyl halides is 1. The van der Waals surface area contributed by atoms with Gasteiger partial charge in [-0.3, -0.25) is 0 Å². The molecule has 0 rings (SSSR count). The molecule has 0 N–H and O–H groups in total. The summed E-state index contributed by atoms with van der Waals surface area (Å²) in [6.07, 6.45) is 6.67. The first-order valence-electron chi connectivity index (χ1n) is 5.99. The molecule has 0 aromatic rings. The van der Waals surface area contributed by atoms with Crippen molar-refractivity contribution in [2.75, 3.05) is 25.5 Å². The predicted octanol–water partition coefficient (Wildman–Crippen LogP) is 3.92. The van der Waals surface area contributed by atoms with Gasteiger partial charge in [0.1, 0.15) is 0 Å². The van der Waals surface area contributed by atoms with Crippen LogP contribution in [0.3, 0.4) is 0 Å². The molecule has 1 nitrogen and oxygen atoms in total. The molecular formula is C12H26BrN. The Hall–Kier alpha value is 0.440. The monoisotopic (exact) mass is 263 g/mol. The molecule has 0 aromatic carbocycles. The fraction of sp³-hybridized carbons (Fsp3) is 1.00. The van der Waals surface area contributed by atoms with Crippen molar-refractivity contribution in [2.24, 2.45) is 5.92 Å². The highest BCUT2D eigenvalue weighted by molar-refractivity contribution is 9.09. The number of nitrogens with zero attached hydrogens (tertiary/aromatic N) is 1. The van der Waals surface area contributed by atoms with Crippen molar-refractivity contribution in [1.82, 2.24) is 4.90 Å². The molecule has 0 aromatic heterocycles. The van der Waals surface area contributed by atoms with E-state index in [4.69, 9.17) is 0 Å². The molecule has 0 aliphatic carbocycles. The number of hydrogen-bond donors (Lipinski definition) is 0. The van der Waals surface area contributed by atoms with Crippen molar-refractivity contribution >= 4 is 15.9 Å². The molecule has 14 heavy (non-hydrogen) atoms. The van der Waals surface area contributed by atoms with E-state index in [0.717, 1.165) is 11.2 Å². The molecule has 0 heterocycles. The van der Waals surface area contributed by atoms with Crippen LogP contribution in [-0.2, 0) is 0 Å². The average Bonchev–Trinajstić information content (AvgIpc) is 2.21. The summed E-state index contributed by atoms with van der Waals surface area (Å²) in [6, 6.07) is 0. The Morgan fingerprint density at radius 1 is 1.07 bits per heavy atom. The van der Waals surface area contributed by atoms with Gasteiger partial charge in [0.2, 0.25) is 0 Å². The first-order valence-corrected chi connectivity index (χ1v) is 7.11. The zero-order valence-corrected chi connectivity index (χ0v) is 11.6. The van der Waals surface area contributed by atoms with Crippen molar-refractivity contribution in [3.8, 4) is 0 Å². The topological polar surface area (TPSA) is 3.24 Å². The number of halogens is 1. The van der Waals surface area contributed by atoms with Gasteiger partial charge < -0.3 is 4.90 Å². The second-order valence-corrected chi connectivity index (χ2v) is 4.99. The largest absolute Gasteiger partial charge is 0.306 e. The summed E-state index contributed by atoms with van der Waals surface area (Å²) < 4.78 is 0. The lowest BCUT2D eigenvalue weighted by atomic mass is 10.0. The summed E-state index contributed by atoms with van der Waals surface area (Å²) in [7, 11) is 2.26. The summed E-state index contributed by atoms with van der Waals surface area (Å²) in [5.74, 6) is 0.899. The average molecular weight is 264 g/mol. The SMILES string of the molecule is CCC(CC)CN(C)CCCCCBr. The molecule has 86 valence electrons. The third-order valence-corrected chi connectivity index (χ3v) is 3.46. The van der Waals surface area contributed by atoms with Gasteiger partial charge in [-0.25, -0.2) is 0 Å². The fourth-order valence-corrected chi connectivity index (χ4v) is 2.13. The van der Waals surface area contributed by atoms with Crippen molar-refractivity contribution < 1.29 is 0 Å². The van der Waals surface area contributed by atoms with Crippen LogP contribution in [0.4, 0.5) is 0 Å². The minimum Gasteiger partial charge on any atom is -0.306 e. The van der Waals surface area contributed by atoms with Gasteiger partial charge in [0, 0.05) is 11.9 Å². The first-order chi connectivity index (χ1) is 6.74. The molecule has 0 unspecified atom stereocenters. The van der Waals surface area contributed by atoms with Gasteiger partial charge in [0.15, 0.2) is 0 Å². The molecule has 0 amide bonds. The van der Waals surface area contributed by atoms with Crippen LogP contribution in [0.1, 0.15) is 46.0 Å². The Bertz CT molecular complexity index is 113. The van der Waals surface area contributed by atoms with Gasteiger partial charge in [-0.05, 0) is 32.4 Å². The highest BCUT2D eigenvalue weighted by Gasteiger charge is 2.06. The van der Waals surface area contributed by atoms with Gasteiger partial charge in [-0.15, -0.1) is 0 Å². The van der Waals surface area contributed by atoms with E-state index >= 15 is 0 Å². The van der Waals surface area contributed by atoms with Crippen molar-refractivity contribution in [3.63, 3.8) is 0 Å². The summed E-state index contributed by atoms with van der Waals surface area (Å²) in [5, 5.41) is 1.16. The maximum absolute atomic E-state index is 3.47. The lowest BCUT2D eigenvalue weighted by Gasteiger charge is -2.22. The van der Waals surface area contributed by atoms with E-state index in [-0.39, 0.29) is 0 Å². The van der Waals surface area contributed by atoms with Crippen LogP contribution in [0.5, 0.6) is 0 Å².